The van der Waals surface area contributed by atoms with Gasteiger partial charge >= 0.3 is 5.97 Å². The smallest absolute Gasteiger partial charge is 0.343 e. The Morgan fingerprint density at radius 3 is 2.62 bits per heavy atom. The lowest BCUT2D eigenvalue weighted by Gasteiger charge is -2.09. The first-order valence-electron chi connectivity index (χ1n) is 7.18. The van der Waals surface area contributed by atoms with Crippen LogP contribution in [0, 0.1) is 0 Å². The first-order chi connectivity index (χ1) is 11.5. The Labute approximate surface area is 143 Å². The maximum absolute atomic E-state index is 11.8. The lowest BCUT2D eigenvalue weighted by molar-refractivity contribution is -0.142. The molecule has 1 amide bonds. The second-order valence-electron chi connectivity index (χ2n) is 4.73. The zero-order valence-corrected chi connectivity index (χ0v) is 14.4. The summed E-state index contributed by atoms with van der Waals surface area (Å²) >= 11 is 1.51. The Balaban J connectivity index is 2.65. The van der Waals surface area contributed by atoms with Crippen LogP contribution in [-0.2, 0) is 25.6 Å². The van der Waals surface area contributed by atoms with Crippen LogP contribution in [0.3, 0.4) is 0 Å². The zero-order valence-electron chi connectivity index (χ0n) is 13.6. The van der Waals surface area contributed by atoms with Crippen molar-refractivity contribution in [1.29, 1.82) is 0 Å². The molecule has 1 heterocycles. The monoisotopic (exact) mass is 350 g/mol. The van der Waals surface area contributed by atoms with Crippen LogP contribution in [0.2, 0.25) is 0 Å². The van der Waals surface area contributed by atoms with E-state index in [1.54, 1.807) is 6.07 Å². The molecular formula is C16H18N2O5S. The number of thiophene rings is 1. The summed E-state index contributed by atoms with van der Waals surface area (Å²) in [6, 6.07) is 5.43. The normalized spacial score (nSPS) is 11.4. The standard InChI is InChI=1S/C16H18N2O5S/c1-4-10-14(15(16(17)20)18-22-3)13-9(23-8-12(19)21-2)6-5-7-11(13)24-10/h5-7H,4,8H2,1-3H3,(H2,17,20)/b18-15+. The topological polar surface area (TPSA) is 100 Å². The van der Waals surface area contributed by atoms with Crippen LogP contribution >= 0.6 is 11.3 Å². The molecule has 24 heavy (non-hydrogen) atoms. The van der Waals surface area contributed by atoms with Gasteiger partial charge in [0.1, 0.15) is 12.9 Å². The molecule has 0 spiro atoms. The van der Waals surface area contributed by atoms with Crippen molar-refractivity contribution in [3.8, 4) is 5.75 Å². The van der Waals surface area contributed by atoms with E-state index >= 15 is 0 Å². The highest BCUT2D eigenvalue weighted by Crippen LogP contribution is 2.38. The summed E-state index contributed by atoms with van der Waals surface area (Å²) in [7, 11) is 2.63. The molecule has 0 aliphatic rings. The molecule has 0 radical (unpaired) electrons. The van der Waals surface area contributed by atoms with Crippen molar-refractivity contribution in [3.63, 3.8) is 0 Å². The molecular weight excluding hydrogens is 332 g/mol. The van der Waals surface area contributed by atoms with Crippen LogP contribution in [0.5, 0.6) is 5.75 Å². The number of benzene rings is 1. The molecule has 2 N–H and O–H groups in total. The molecule has 0 fully saturated rings. The summed E-state index contributed by atoms with van der Waals surface area (Å²) in [5.41, 5.74) is 6.06. The van der Waals surface area contributed by atoms with Crippen LogP contribution in [0.25, 0.3) is 10.1 Å². The van der Waals surface area contributed by atoms with E-state index in [1.807, 2.05) is 19.1 Å². The average Bonchev–Trinajstić information content (AvgIpc) is 2.95. The van der Waals surface area contributed by atoms with E-state index in [9.17, 15) is 9.59 Å². The number of amides is 1. The fraction of sp³-hybridized carbons (Fsp3) is 0.312. The van der Waals surface area contributed by atoms with Gasteiger partial charge in [-0.25, -0.2) is 4.79 Å². The Morgan fingerprint density at radius 2 is 2.04 bits per heavy atom. The second-order valence-corrected chi connectivity index (χ2v) is 5.87. The molecule has 0 aliphatic carbocycles. The molecule has 2 rings (SSSR count). The van der Waals surface area contributed by atoms with E-state index in [1.165, 1.54) is 25.6 Å². The van der Waals surface area contributed by atoms with Crippen molar-refractivity contribution >= 4 is 39.0 Å². The number of fused-ring (bicyclic) bond motifs is 1. The summed E-state index contributed by atoms with van der Waals surface area (Å²) in [5.74, 6) is -0.747. The van der Waals surface area contributed by atoms with Gasteiger partial charge in [-0.05, 0) is 18.6 Å². The van der Waals surface area contributed by atoms with Gasteiger partial charge in [-0.3, -0.25) is 4.79 Å². The molecule has 2 aromatic rings. The first kappa shape index (κ1) is 17.7. The molecule has 0 bridgehead atoms. The number of hydrogen-bond acceptors (Lipinski definition) is 7. The summed E-state index contributed by atoms with van der Waals surface area (Å²) in [4.78, 5) is 28.9. The summed E-state index contributed by atoms with van der Waals surface area (Å²) in [6.45, 7) is 1.73. The van der Waals surface area contributed by atoms with E-state index in [0.29, 0.717) is 23.1 Å². The van der Waals surface area contributed by atoms with Gasteiger partial charge < -0.3 is 20.0 Å². The maximum atomic E-state index is 11.8. The van der Waals surface area contributed by atoms with Crippen LogP contribution in [-0.4, -0.2) is 38.4 Å². The van der Waals surface area contributed by atoms with E-state index in [-0.39, 0.29) is 12.3 Å². The van der Waals surface area contributed by atoms with Crippen LogP contribution in [0.1, 0.15) is 17.4 Å². The fourth-order valence-electron chi connectivity index (χ4n) is 2.29. The molecule has 1 aromatic heterocycles. The zero-order chi connectivity index (χ0) is 17.7. The number of rotatable bonds is 7. The highest BCUT2D eigenvalue weighted by atomic mass is 32.1. The predicted octanol–water partition coefficient (Wildman–Crippen LogP) is 1.85. The van der Waals surface area contributed by atoms with Crippen LogP contribution in [0.15, 0.2) is 23.4 Å². The van der Waals surface area contributed by atoms with Gasteiger partial charge in [-0.2, -0.15) is 0 Å². The molecule has 7 nitrogen and oxygen atoms in total. The first-order valence-corrected chi connectivity index (χ1v) is 8.00. The number of nitrogens with two attached hydrogens (primary N) is 1. The molecule has 0 unspecified atom stereocenters. The number of primary amides is 1. The minimum absolute atomic E-state index is 0.0229. The van der Waals surface area contributed by atoms with Gasteiger partial charge in [0, 0.05) is 20.5 Å². The largest absolute Gasteiger partial charge is 0.481 e. The highest BCUT2D eigenvalue weighted by Gasteiger charge is 2.24. The van der Waals surface area contributed by atoms with Crippen molar-refractivity contribution in [1.82, 2.24) is 0 Å². The van der Waals surface area contributed by atoms with Gasteiger partial charge in [0.25, 0.3) is 5.91 Å². The van der Waals surface area contributed by atoms with Crippen LogP contribution < -0.4 is 10.5 Å². The molecule has 0 saturated heterocycles. The fourth-order valence-corrected chi connectivity index (χ4v) is 3.45. The lowest BCUT2D eigenvalue weighted by Crippen LogP contribution is -2.25. The molecule has 8 heteroatoms. The van der Waals surface area contributed by atoms with Crippen LogP contribution in [0.4, 0.5) is 0 Å². The number of carbonyl (C=O) groups is 2. The summed E-state index contributed by atoms with van der Waals surface area (Å²) in [6.07, 6.45) is 0.682. The van der Waals surface area contributed by atoms with Crippen molar-refractivity contribution in [2.45, 2.75) is 13.3 Å². The van der Waals surface area contributed by atoms with Crippen molar-refractivity contribution in [2.24, 2.45) is 10.9 Å². The van der Waals surface area contributed by atoms with E-state index < -0.39 is 11.9 Å². The highest BCUT2D eigenvalue weighted by molar-refractivity contribution is 7.19. The number of carbonyl (C=O) groups excluding carboxylic acids is 2. The molecule has 128 valence electrons. The average molecular weight is 350 g/mol. The van der Waals surface area contributed by atoms with Crippen molar-refractivity contribution in [3.05, 3.63) is 28.6 Å². The lowest BCUT2D eigenvalue weighted by atomic mass is 10.0. The molecule has 0 saturated carbocycles. The predicted molar refractivity (Wildman–Crippen MR) is 91.5 cm³/mol. The Morgan fingerprint density at radius 1 is 1.29 bits per heavy atom. The third-order valence-corrected chi connectivity index (χ3v) is 4.60. The van der Waals surface area contributed by atoms with E-state index in [2.05, 4.69) is 9.89 Å². The van der Waals surface area contributed by atoms with Gasteiger partial charge in [0.05, 0.1) is 7.11 Å². The number of aryl methyl sites for hydroxylation is 1. The third-order valence-electron chi connectivity index (χ3n) is 3.30. The molecule has 1 aromatic carbocycles. The quantitative estimate of drug-likeness (QED) is 0.467. The number of esters is 1. The third kappa shape index (κ3) is 3.48. The van der Waals surface area contributed by atoms with Gasteiger partial charge in [-0.1, -0.05) is 18.1 Å². The Bertz CT molecular complexity index is 797. The molecule has 0 aliphatic heterocycles. The van der Waals surface area contributed by atoms with Crippen molar-refractivity contribution in [2.75, 3.05) is 20.8 Å². The number of methoxy groups -OCH3 is 1. The van der Waals surface area contributed by atoms with Crippen molar-refractivity contribution < 1.29 is 23.9 Å². The summed E-state index contributed by atoms with van der Waals surface area (Å²) in [5, 5.41) is 4.46. The number of oxime groups is 1. The minimum atomic E-state index is -0.700. The van der Waals surface area contributed by atoms with Gasteiger partial charge in [0.15, 0.2) is 12.3 Å². The Hall–Kier alpha value is -2.61. The van der Waals surface area contributed by atoms with E-state index in [0.717, 1.165) is 9.58 Å². The second kappa shape index (κ2) is 7.78. The number of hydrogen-bond donors (Lipinski definition) is 1. The van der Waals surface area contributed by atoms with E-state index in [4.69, 9.17) is 15.3 Å². The molecule has 0 atom stereocenters. The maximum Gasteiger partial charge on any atom is 0.343 e. The number of nitrogens with zero attached hydrogens (tertiary/aromatic N) is 1. The summed E-state index contributed by atoms with van der Waals surface area (Å²) < 4.78 is 11.0. The van der Waals surface area contributed by atoms with Gasteiger partial charge in [-0.15, -0.1) is 11.3 Å². The minimum Gasteiger partial charge on any atom is -0.481 e. The number of ether oxygens (including phenoxy) is 2. The Kier molecular flexibility index (Phi) is 5.75. The van der Waals surface area contributed by atoms with Gasteiger partial charge in [0.2, 0.25) is 0 Å². The SMILES string of the molecule is CCc1sc2cccc(OCC(=O)OC)c2c1/C(=N\OC)C(N)=O.